The number of rotatable bonds is 6. The third-order valence-electron chi connectivity index (χ3n) is 5.93. The minimum Gasteiger partial charge on any atom is -0.478 e. The maximum absolute atomic E-state index is 13.3. The Morgan fingerprint density at radius 2 is 1.70 bits per heavy atom. The molecule has 0 aromatic heterocycles. The second-order valence-electron chi connectivity index (χ2n) is 9.55. The van der Waals surface area contributed by atoms with Crippen LogP contribution in [0.3, 0.4) is 0 Å². The van der Waals surface area contributed by atoms with Crippen LogP contribution in [0.25, 0.3) is 0 Å². The van der Waals surface area contributed by atoms with Gasteiger partial charge in [-0.1, -0.05) is 60.3 Å². The minimum absolute atomic E-state index is 0.0970. The number of amides is 3. The van der Waals surface area contributed by atoms with Crippen molar-refractivity contribution in [1.29, 1.82) is 0 Å². The summed E-state index contributed by atoms with van der Waals surface area (Å²) in [6, 6.07) is 17.6. The number of carbonyl (C=O) groups is 3. The Hall–Kier alpha value is -2.84. The number of carbonyl (C=O) groups excluding carboxylic acids is 3. The molecule has 2 aromatic carbocycles. The summed E-state index contributed by atoms with van der Waals surface area (Å²) in [5.41, 5.74) is -0.344. The summed E-state index contributed by atoms with van der Waals surface area (Å²) in [6.45, 7) is 7.72. The van der Waals surface area contributed by atoms with Gasteiger partial charge in [0.15, 0.2) is 11.0 Å². The zero-order chi connectivity index (χ0) is 23.9. The molecule has 4 rings (SSSR count). The lowest BCUT2D eigenvalue weighted by Gasteiger charge is -2.45. The first kappa shape index (κ1) is 23.3. The number of nitrogens with one attached hydrogen (secondary N) is 1. The van der Waals surface area contributed by atoms with E-state index in [9.17, 15) is 14.4 Å². The molecule has 174 valence electrons. The zero-order valence-corrected chi connectivity index (χ0v) is 20.1. The lowest BCUT2D eigenvalue weighted by molar-refractivity contribution is -0.819. The Morgan fingerprint density at radius 3 is 2.33 bits per heavy atom. The van der Waals surface area contributed by atoms with Gasteiger partial charge in [-0.15, -0.1) is 4.48 Å². The highest BCUT2D eigenvalue weighted by Gasteiger charge is 2.76. The Labute approximate surface area is 198 Å². The number of hydrogen-bond acceptors (Lipinski definition) is 6. The number of β-lactam (4-membered cyclic amide) rings is 1. The van der Waals surface area contributed by atoms with Gasteiger partial charge < -0.3 is 14.8 Å². The molecule has 0 aliphatic carbocycles. The molecule has 0 radical (unpaired) electrons. The summed E-state index contributed by atoms with van der Waals surface area (Å²) in [5, 5.41) is 2.39. The van der Waals surface area contributed by atoms with E-state index in [0.717, 1.165) is 5.56 Å². The lowest BCUT2D eigenvalue weighted by Crippen LogP contribution is -2.81. The van der Waals surface area contributed by atoms with Crippen LogP contribution < -0.4 is 10.1 Å². The van der Waals surface area contributed by atoms with Crippen LogP contribution in [0.4, 0.5) is 4.79 Å². The summed E-state index contributed by atoms with van der Waals surface area (Å²) in [7, 11) is 0. The molecule has 2 saturated heterocycles. The van der Waals surface area contributed by atoms with Gasteiger partial charge in [-0.3, -0.25) is 4.79 Å². The Kier molecular flexibility index (Phi) is 6.01. The molecule has 2 unspecified atom stereocenters. The zero-order valence-electron chi connectivity index (χ0n) is 19.2. The number of thioether (sulfide) groups is 1. The van der Waals surface area contributed by atoms with Crippen LogP contribution in [0.1, 0.15) is 33.3 Å². The topological polar surface area (TPSA) is 81.7 Å². The summed E-state index contributed by atoms with van der Waals surface area (Å²) >= 11 is 1.53. The normalized spacial score (nSPS) is 25.5. The molecule has 2 aliphatic rings. The fourth-order valence-corrected chi connectivity index (χ4v) is 6.03. The van der Waals surface area contributed by atoms with Crippen molar-refractivity contribution in [2.45, 2.75) is 56.1 Å². The van der Waals surface area contributed by atoms with Crippen molar-refractivity contribution >= 4 is 29.7 Å². The number of ether oxygens (including phenoxy) is 2. The summed E-state index contributed by atoms with van der Waals surface area (Å²) in [6.07, 6.45) is -0.572. The average molecular weight is 470 g/mol. The first-order valence-electron chi connectivity index (χ1n) is 10.9. The van der Waals surface area contributed by atoms with Crippen molar-refractivity contribution in [3.63, 3.8) is 0 Å². The summed E-state index contributed by atoms with van der Waals surface area (Å²) < 4.78 is 10.7. The molecule has 0 bridgehead atoms. The maximum Gasteiger partial charge on any atom is 0.525 e. The molecule has 2 aromatic rings. The highest BCUT2D eigenvalue weighted by atomic mass is 32.2. The quantitative estimate of drug-likeness (QED) is 0.511. The molecule has 3 amide bonds. The summed E-state index contributed by atoms with van der Waals surface area (Å²) in [5.74, 6) is -0.200. The van der Waals surface area contributed by atoms with Gasteiger partial charge in [0, 0.05) is 0 Å². The monoisotopic (exact) mass is 469 g/mol. The van der Waals surface area contributed by atoms with Crippen LogP contribution in [0.2, 0.25) is 0 Å². The fraction of sp³-hybridized carbons (Fsp3) is 0.400. The molecule has 2 aliphatic heterocycles. The van der Waals surface area contributed by atoms with Crippen molar-refractivity contribution < 1.29 is 28.3 Å². The number of hydrogen-bond donors (Lipinski definition) is 1. The van der Waals surface area contributed by atoms with Crippen molar-refractivity contribution in [2.75, 3.05) is 6.54 Å². The molecule has 1 N–H and O–H groups in total. The van der Waals surface area contributed by atoms with Crippen LogP contribution >= 0.6 is 11.8 Å². The van der Waals surface area contributed by atoms with Crippen LogP contribution in [0.5, 0.6) is 5.75 Å². The number of benzene rings is 2. The fourth-order valence-electron chi connectivity index (χ4n) is 4.33. The van der Waals surface area contributed by atoms with Gasteiger partial charge in [0.25, 0.3) is 5.91 Å². The number of para-hydroxylation sites is 1. The number of imide groups is 1. The van der Waals surface area contributed by atoms with Gasteiger partial charge in [-0.25, -0.2) is 4.79 Å². The van der Waals surface area contributed by atoms with Crippen molar-refractivity contribution in [1.82, 2.24) is 5.32 Å². The first-order chi connectivity index (χ1) is 15.6. The van der Waals surface area contributed by atoms with E-state index in [-0.39, 0.29) is 17.3 Å². The van der Waals surface area contributed by atoms with Gasteiger partial charge >= 0.3 is 12.0 Å². The lowest BCUT2D eigenvalue weighted by atomic mass is 9.98. The summed E-state index contributed by atoms with van der Waals surface area (Å²) in [4.78, 5) is 39.5. The van der Waals surface area contributed by atoms with E-state index in [1.807, 2.05) is 62.4 Å². The molecule has 8 heteroatoms. The van der Waals surface area contributed by atoms with E-state index in [1.165, 1.54) is 11.8 Å². The molecular formula is C25H29N2O5S+. The third-order valence-corrected chi connectivity index (χ3v) is 7.57. The molecule has 0 spiro atoms. The Bertz CT molecular complexity index is 1060. The van der Waals surface area contributed by atoms with Crippen LogP contribution in [0.15, 0.2) is 60.7 Å². The first-order valence-corrected chi connectivity index (χ1v) is 11.8. The van der Waals surface area contributed by atoms with E-state index in [2.05, 4.69) is 5.32 Å². The number of nitrogens with zero attached hydrogens (tertiary/aromatic N) is 1. The van der Waals surface area contributed by atoms with E-state index >= 15 is 0 Å². The highest BCUT2D eigenvalue weighted by Crippen LogP contribution is 2.53. The van der Waals surface area contributed by atoms with Crippen LogP contribution in [-0.4, -0.2) is 50.7 Å². The van der Waals surface area contributed by atoms with E-state index in [4.69, 9.17) is 9.47 Å². The van der Waals surface area contributed by atoms with Gasteiger partial charge in [-0.05, 0) is 45.4 Å². The minimum atomic E-state index is -1.19. The van der Waals surface area contributed by atoms with Gasteiger partial charge in [-0.2, -0.15) is 4.79 Å². The Morgan fingerprint density at radius 1 is 1.09 bits per heavy atom. The SMILES string of the molecule is CC1(C)C[N+]2(C(=O)OCc3ccccc3)C(=O)C(NC(=O)C(C)(C)Oc3ccccc3)[C@@H]2S1. The number of fused-ring (bicyclic) bond motifs is 1. The standard InChI is InChI=1S/C25H28N2O5S/c1-24(2)16-27(23(30)31-15-17-11-7-5-8-12-17)20(28)19(21(27)33-24)26-22(29)25(3,4)32-18-13-9-6-10-14-18/h5-14,19,21H,15-16H2,1-4H3/p+1/t19?,21-,27?/m0/s1. The molecule has 3 atom stereocenters. The van der Waals surface area contributed by atoms with Crippen LogP contribution in [0, 0.1) is 0 Å². The largest absolute Gasteiger partial charge is 0.525 e. The Balaban J connectivity index is 1.47. The highest BCUT2D eigenvalue weighted by molar-refractivity contribution is 8.01. The van der Waals surface area contributed by atoms with Crippen molar-refractivity contribution in [3.8, 4) is 5.75 Å². The number of quaternary nitrogens is 1. The predicted molar refractivity (Wildman–Crippen MR) is 125 cm³/mol. The van der Waals surface area contributed by atoms with Gasteiger partial charge in [0.05, 0.1) is 4.75 Å². The molecule has 7 nitrogen and oxygen atoms in total. The van der Waals surface area contributed by atoms with Crippen molar-refractivity contribution in [2.24, 2.45) is 0 Å². The molecule has 2 heterocycles. The molecular weight excluding hydrogens is 440 g/mol. The van der Waals surface area contributed by atoms with E-state index in [1.54, 1.807) is 26.0 Å². The van der Waals surface area contributed by atoms with E-state index in [0.29, 0.717) is 12.3 Å². The third kappa shape index (κ3) is 4.37. The molecule has 0 saturated carbocycles. The van der Waals surface area contributed by atoms with Gasteiger partial charge in [0.2, 0.25) is 6.04 Å². The van der Waals surface area contributed by atoms with Gasteiger partial charge in [0.1, 0.15) is 18.9 Å². The average Bonchev–Trinajstić information content (AvgIpc) is 3.05. The maximum atomic E-state index is 13.3. The second kappa shape index (κ2) is 8.50. The van der Waals surface area contributed by atoms with Crippen molar-refractivity contribution in [3.05, 3.63) is 66.2 Å². The van der Waals surface area contributed by atoms with E-state index < -0.39 is 33.5 Å². The predicted octanol–water partition coefficient (Wildman–Crippen LogP) is 3.87. The molecule has 33 heavy (non-hydrogen) atoms. The smallest absolute Gasteiger partial charge is 0.478 e. The molecule has 2 fully saturated rings. The second-order valence-corrected chi connectivity index (χ2v) is 11.4. The van der Waals surface area contributed by atoms with Crippen LogP contribution in [-0.2, 0) is 20.9 Å².